The molecule has 21 heavy (non-hydrogen) atoms. The van der Waals surface area contributed by atoms with Crippen LogP contribution in [0.4, 0.5) is 4.79 Å². The molecular formula is C14H21N3O3S. The van der Waals surface area contributed by atoms with Crippen LogP contribution in [-0.4, -0.2) is 44.1 Å². The van der Waals surface area contributed by atoms with Crippen LogP contribution < -0.4 is 10.6 Å². The number of rotatable bonds is 4. The Hall–Kier alpha value is -1.60. The summed E-state index contributed by atoms with van der Waals surface area (Å²) in [4.78, 5) is 11.9. The van der Waals surface area contributed by atoms with E-state index in [-0.39, 0.29) is 12.1 Å². The lowest BCUT2D eigenvalue weighted by molar-refractivity contribution is 0.225. The van der Waals surface area contributed by atoms with Gasteiger partial charge in [-0.1, -0.05) is 30.3 Å². The standard InChI is InChI=1S/C14H21N3O3S/c1-21(19,20)17-9-5-8-13(11-17)16-14(18)15-10-12-6-3-2-4-7-12/h2-4,6-7,13H,5,8-11H2,1H3,(H2,15,16,18). The molecule has 0 bridgehead atoms. The van der Waals surface area contributed by atoms with Gasteiger partial charge in [0.1, 0.15) is 0 Å². The Bertz CT molecular complexity index is 574. The van der Waals surface area contributed by atoms with Gasteiger partial charge in [-0.3, -0.25) is 0 Å². The topological polar surface area (TPSA) is 78.5 Å². The van der Waals surface area contributed by atoms with Gasteiger partial charge in [-0.25, -0.2) is 17.5 Å². The van der Waals surface area contributed by atoms with Gasteiger partial charge in [0.15, 0.2) is 0 Å². The van der Waals surface area contributed by atoms with Crippen LogP contribution >= 0.6 is 0 Å². The number of nitrogens with one attached hydrogen (secondary N) is 2. The quantitative estimate of drug-likeness (QED) is 0.867. The predicted octanol–water partition coefficient (Wildman–Crippen LogP) is 0.910. The van der Waals surface area contributed by atoms with Crippen molar-refractivity contribution in [2.24, 2.45) is 0 Å². The maximum absolute atomic E-state index is 11.9. The number of benzene rings is 1. The molecule has 1 fully saturated rings. The molecule has 2 amide bonds. The fraction of sp³-hybridized carbons (Fsp3) is 0.500. The Morgan fingerprint density at radius 2 is 2.05 bits per heavy atom. The van der Waals surface area contributed by atoms with Crippen molar-refractivity contribution in [3.8, 4) is 0 Å². The van der Waals surface area contributed by atoms with E-state index in [1.807, 2.05) is 30.3 Å². The van der Waals surface area contributed by atoms with Gasteiger partial charge in [-0.05, 0) is 18.4 Å². The van der Waals surface area contributed by atoms with Crippen molar-refractivity contribution in [1.82, 2.24) is 14.9 Å². The molecule has 1 aromatic carbocycles. The molecule has 2 N–H and O–H groups in total. The predicted molar refractivity (Wildman–Crippen MR) is 81.3 cm³/mol. The number of hydrogen-bond donors (Lipinski definition) is 2. The highest BCUT2D eigenvalue weighted by Gasteiger charge is 2.26. The first-order valence-electron chi connectivity index (χ1n) is 6.98. The van der Waals surface area contributed by atoms with Crippen LogP contribution in [-0.2, 0) is 16.6 Å². The van der Waals surface area contributed by atoms with Crippen molar-refractivity contribution in [2.45, 2.75) is 25.4 Å². The fourth-order valence-corrected chi connectivity index (χ4v) is 3.29. The minimum absolute atomic E-state index is 0.135. The van der Waals surface area contributed by atoms with Crippen LogP contribution in [0.3, 0.4) is 0 Å². The highest BCUT2D eigenvalue weighted by Crippen LogP contribution is 2.12. The third-order valence-electron chi connectivity index (χ3n) is 3.48. The number of nitrogens with zero attached hydrogens (tertiary/aromatic N) is 1. The normalized spacial score (nSPS) is 20.0. The summed E-state index contributed by atoms with van der Waals surface area (Å²) in [6, 6.07) is 9.23. The van der Waals surface area contributed by atoms with Crippen LogP contribution in [0.25, 0.3) is 0 Å². The van der Waals surface area contributed by atoms with Gasteiger partial charge in [0.05, 0.1) is 6.26 Å². The third kappa shape index (κ3) is 5.02. The largest absolute Gasteiger partial charge is 0.334 e. The molecular weight excluding hydrogens is 290 g/mol. The molecule has 1 saturated heterocycles. The van der Waals surface area contributed by atoms with Gasteiger partial charge < -0.3 is 10.6 Å². The minimum Gasteiger partial charge on any atom is -0.334 e. The lowest BCUT2D eigenvalue weighted by atomic mass is 10.1. The Balaban J connectivity index is 1.80. The lowest BCUT2D eigenvalue weighted by Gasteiger charge is -2.31. The van der Waals surface area contributed by atoms with Gasteiger partial charge in [-0.15, -0.1) is 0 Å². The molecule has 0 aliphatic carbocycles. The molecule has 2 rings (SSSR count). The molecule has 1 heterocycles. The van der Waals surface area contributed by atoms with E-state index < -0.39 is 10.0 Å². The Labute approximate surface area is 125 Å². The van der Waals surface area contributed by atoms with Crippen molar-refractivity contribution in [3.63, 3.8) is 0 Å². The van der Waals surface area contributed by atoms with E-state index in [9.17, 15) is 13.2 Å². The van der Waals surface area contributed by atoms with Crippen LogP contribution in [0.2, 0.25) is 0 Å². The minimum atomic E-state index is -3.19. The van der Waals surface area contributed by atoms with E-state index in [1.165, 1.54) is 10.6 Å². The van der Waals surface area contributed by atoms with Crippen LogP contribution in [0.1, 0.15) is 18.4 Å². The second kappa shape index (κ2) is 6.91. The van der Waals surface area contributed by atoms with E-state index in [0.29, 0.717) is 19.6 Å². The highest BCUT2D eigenvalue weighted by molar-refractivity contribution is 7.88. The maximum atomic E-state index is 11.9. The molecule has 0 radical (unpaired) electrons. The number of hydrogen-bond acceptors (Lipinski definition) is 3. The highest BCUT2D eigenvalue weighted by atomic mass is 32.2. The monoisotopic (exact) mass is 311 g/mol. The summed E-state index contributed by atoms with van der Waals surface area (Å²) in [5.41, 5.74) is 1.02. The first-order chi connectivity index (χ1) is 9.95. The van der Waals surface area contributed by atoms with Crippen molar-refractivity contribution in [3.05, 3.63) is 35.9 Å². The third-order valence-corrected chi connectivity index (χ3v) is 4.75. The maximum Gasteiger partial charge on any atom is 0.315 e. The molecule has 1 atom stereocenters. The molecule has 7 heteroatoms. The summed E-state index contributed by atoms with van der Waals surface area (Å²) in [6.45, 7) is 1.33. The smallest absolute Gasteiger partial charge is 0.315 e. The van der Waals surface area contributed by atoms with Crippen LogP contribution in [0, 0.1) is 0 Å². The van der Waals surface area contributed by atoms with E-state index in [0.717, 1.165) is 18.4 Å². The zero-order chi connectivity index (χ0) is 15.3. The van der Waals surface area contributed by atoms with E-state index in [4.69, 9.17) is 0 Å². The molecule has 0 saturated carbocycles. The molecule has 1 aliphatic rings. The first-order valence-corrected chi connectivity index (χ1v) is 8.83. The summed E-state index contributed by atoms with van der Waals surface area (Å²) in [5, 5.41) is 5.62. The zero-order valence-electron chi connectivity index (χ0n) is 12.1. The summed E-state index contributed by atoms with van der Waals surface area (Å²) >= 11 is 0. The first kappa shape index (κ1) is 15.8. The average Bonchev–Trinajstić information content (AvgIpc) is 2.46. The lowest BCUT2D eigenvalue weighted by Crippen LogP contribution is -2.51. The molecule has 0 aromatic heterocycles. The zero-order valence-corrected chi connectivity index (χ0v) is 12.9. The Morgan fingerprint density at radius 1 is 1.33 bits per heavy atom. The Kier molecular flexibility index (Phi) is 5.19. The Morgan fingerprint density at radius 3 is 2.71 bits per heavy atom. The second-order valence-electron chi connectivity index (χ2n) is 5.27. The van der Waals surface area contributed by atoms with E-state index in [1.54, 1.807) is 0 Å². The van der Waals surface area contributed by atoms with Gasteiger partial charge >= 0.3 is 6.03 Å². The van der Waals surface area contributed by atoms with E-state index >= 15 is 0 Å². The SMILES string of the molecule is CS(=O)(=O)N1CCCC(NC(=O)NCc2ccccc2)C1. The number of carbonyl (C=O) groups excluding carboxylic acids is 1. The van der Waals surface area contributed by atoms with Crippen LogP contribution in [0.5, 0.6) is 0 Å². The average molecular weight is 311 g/mol. The summed E-state index contributed by atoms with van der Waals surface area (Å²) < 4.78 is 24.5. The van der Waals surface area contributed by atoms with Gasteiger partial charge in [0.2, 0.25) is 10.0 Å². The molecule has 1 aromatic rings. The summed E-state index contributed by atoms with van der Waals surface area (Å²) in [7, 11) is -3.19. The van der Waals surface area contributed by atoms with Crippen molar-refractivity contribution in [1.29, 1.82) is 0 Å². The summed E-state index contributed by atoms with van der Waals surface area (Å²) in [5.74, 6) is 0. The number of urea groups is 1. The van der Waals surface area contributed by atoms with Crippen LogP contribution in [0.15, 0.2) is 30.3 Å². The van der Waals surface area contributed by atoms with Gasteiger partial charge in [-0.2, -0.15) is 0 Å². The van der Waals surface area contributed by atoms with Crippen molar-refractivity contribution in [2.75, 3.05) is 19.3 Å². The molecule has 1 unspecified atom stereocenters. The number of carbonyl (C=O) groups is 1. The second-order valence-corrected chi connectivity index (χ2v) is 7.26. The number of piperidine rings is 1. The van der Waals surface area contributed by atoms with Crippen molar-refractivity contribution >= 4 is 16.1 Å². The summed E-state index contributed by atoms with van der Waals surface area (Å²) in [6.07, 6.45) is 2.76. The van der Waals surface area contributed by atoms with E-state index in [2.05, 4.69) is 10.6 Å². The number of sulfonamides is 1. The molecule has 0 spiro atoms. The van der Waals surface area contributed by atoms with Gasteiger partial charge in [0.25, 0.3) is 0 Å². The van der Waals surface area contributed by atoms with Gasteiger partial charge in [0, 0.05) is 25.7 Å². The van der Waals surface area contributed by atoms with Crippen molar-refractivity contribution < 1.29 is 13.2 Å². The molecule has 116 valence electrons. The number of amides is 2. The fourth-order valence-electron chi connectivity index (χ4n) is 2.38. The molecule has 6 nitrogen and oxygen atoms in total. The molecule has 1 aliphatic heterocycles.